The molecule has 1 saturated heterocycles. The maximum absolute atomic E-state index is 15.3. The van der Waals surface area contributed by atoms with Crippen LogP contribution in [0.3, 0.4) is 0 Å². The molecule has 0 spiro atoms. The van der Waals surface area contributed by atoms with Gasteiger partial charge in [0, 0.05) is 43.7 Å². The molecule has 9 nitrogen and oxygen atoms in total. The van der Waals surface area contributed by atoms with Gasteiger partial charge in [-0.25, -0.2) is 4.39 Å². The zero-order valence-electron chi connectivity index (χ0n) is 25.1. The molecule has 44 heavy (non-hydrogen) atoms. The number of carboxylic acid groups (broad SMARTS) is 1. The molecule has 1 aromatic heterocycles. The van der Waals surface area contributed by atoms with E-state index in [1.165, 1.54) is 6.07 Å². The number of amides is 1. The van der Waals surface area contributed by atoms with E-state index in [-0.39, 0.29) is 40.5 Å². The van der Waals surface area contributed by atoms with Crippen molar-refractivity contribution in [1.29, 1.82) is 0 Å². The summed E-state index contributed by atoms with van der Waals surface area (Å²) in [5, 5.41) is 12.9. The van der Waals surface area contributed by atoms with Crippen LogP contribution >= 0.6 is 11.6 Å². The second-order valence-corrected chi connectivity index (χ2v) is 12.1. The fourth-order valence-corrected chi connectivity index (χ4v) is 6.37. The van der Waals surface area contributed by atoms with Gasteiger partial charge in [0.25, 0.3) is 5.91 Å². The summed E-state index contributed by atoms with van der Waals surface area (Å²) in [6.45, 7) is 3.38. The van der Waals surface area contributed by atoms with Crippen molar-refractivity contribution < 1.29 is 33.4 Å². The number of hydrogen-bond acceptors (Lipinski definition) is 6. The largest absolute Gasteiger partial charge is 0.481 e. The molecule has 2 atom stereocenters. The van der Waals surface area contributed by atoms with E-state index in [0.717, 1.165) is 42.9 Å². The minimum absolute atomic E-state index is 0.107. The number of aliphatic carboxylic acids is 1. The van der Waals surface area contributed by atoms with Crippen LogP contribution < -0.4 is 5.32 Å². The molecule has 1 aliphatic carbocycles. The fraction of sp³-hybridized carbons (Fsp3) is 0.485. The molecule has 2 aliphatic rings. The van der Waals surface area contributed by atoms with Crippen molar-refractivity contribution in [2.75, 3.05) is 18.4 Å². The average molecular weight is 628 g/mol. The molecule has 11 heteroatoms. The number of ether oxygens (including phenoxy) is 2. The zero-order chi connectivity index (χ0) is 31.4. The summed E-state index contributed by atoms with van der Waals surface area (Å²) in [4.78, 5) is 39.9. The molecule has 2 heterocycles. The number of carboxylic acids is 1. The summed E-state index contributed by atoms with van der Waals surface area (Å²) in [5.41, 5.74) is 1.54. The zero-order valence-corrected chi connectivity index (χ0v) is 25.8. The molecule has 236 valence electrons. The number of aryl methyl sites for hydroxylation is 1. The number of halogens is 2. The predicted molar refractivity (Wildman–Crippen MR) is 165 cm³/mol. The van der Waals surface area contributed by atoms with Gasteiger partial charge in [-0.15, -0.1) is 0 Å². The fourth-order valence-electron chi connectivity index (χ4n) is 6.14. The summed E-state index contributed by atoms with van der Waals surface area (Å²) in [6, 6.07) is 9.99. The molecule has 1 amide bonds. The van der Waals surface area contributed by atoms with Crippen molar-refractivity contribution in [2.24, 2.45) is 13.0 Å². The van der Waals surface area contributed by atoms with Crippen LogP contribution in [0.4, 0.5) is 10.1 Å². The summed E-state index contributed by atoms with van der Waals surface area (Å²) < 4.78 is 29.7. The van der Waals surface area contributed by atoms with Crippen LogP contribution in [0.1, 0.15) is 67.8 Å². The first kappa shape index (κ1) is 32.1. The third kappa shape index (κ3) is 7.31. The molecular weight excluding hydrogens is 589 g/mol. The van der Waals surface area contributed by atoms with Crippen LogP contribution in [0, 0.1) is 11.7 Å². The van der Waals surface area contributed by atoms with Gasteiger partial charge in [0.15, 0.2) is 5.78 Å². The quantitative estimate of drug-likeness (QED) is 0.231. The number of benzene rings is 2. The number of anilines is 1. The van der Waals surface area contributed by atoms with Crippen LogP contribution in [0.15, 0.2) is 42.6 Å². The summed E-state index contributed by atoms with van der Waals surface area (Å²) >= 11 is 6.47. The lowest BCUT2D eigenvalue weighted by Crippen LogP contribution is -2.44. The Morgan fingerprint density at radius 1 is 1.11 bits per heavy atom. The molecule has 2 unspecified atom stereocenters. The van der Waals surface area contributed by atoms with E-state index in [0.29, 0.717) is 37.7 Å². The minimum Gasteiger partial charge on any atom is -0.481 e. The first-order valence-corrected chi connectivity index (χ1v) is 15.7. The number of carbonyl (C=O) groups is 3. The van der Waals surface area contributed by atoms with E-state index >= 15 is 4.39 Å². The Labute approximate surface area is 261 Å². The van der Waals surface area contributed by atoms with Gasteiger partial charge in [-0.1, -0.05) is 36.7 Å². The highest BCUT2D eigenvalue weighted by Gasteiger charge is 2.34. The lowest BCUT2D eigenvalue weighted by atomic mass is 9.87. The van der Waals surface area contributed by atoms with E-state index in [1.54, 1.807) is 6.20 Å². The Kier molecular flexibility index (Phi) is 10.4. The number of nitrogens with one attached hydrogen (secondary N) is 1. The van der Waals surface area contributed by atoms with Gasteiger partial charge in [-0.3, -0.25) is 19.3 Å². The molecule has 5 rings (SSSR count). The Bertz CT molecular complexity index is 1510. The second kappa shape index (κ2) is 14.2. The standard InChI is InChI=1S/C33H39ClFN3O6/c1-3-30(44-33(38-14-6-7-15-38)43-22-12-10-20(11-13-22)32(41)42)29(39)17-21-16-25(34)27(18-26(21)35)36-31(40)24-19-37(2)28-9-5-4-8-23(24)28/h4-5,8-9,16,18-20,22,30,33H,3,6-7,10-15,17H2,1-2H3,(H,36,40)(H,41,42). The molecule has 3 aromatic rings. The number of rotatable bonds is 12. The van der Waals surface area contributed by atoms with E-state index in [2.05, 4.69) is 10.2 Å². The number of carbonyl (C=O) groups excluding carboxylic acids is 2. The van der Waals surface area contributed by atoms with Crippen LogP contribution in [0.25, 0.3) is 10.9 Å². The Morgan fingerprint density at radius 3 is 2.50 bits per heavy atom. The summed E-state index contributed by atoms with van der Waals surface area (Å²) in [5.74, 6) is -2.52. The highest BCUT2D eigenvalue weighted by atomic mass is 35.5. The van der Waals surface area contributed by atoms with Crippen LogP contribution in [0.5, 0.6) is 0 Å². The van der Waals surface area contributed by atoms with Crippen molar-refractivity contribution >= 4 is 45.9 Å². The molecule has 2 fully saturated rings. The van der Waals surface area contributed by atoms with E-state index in [4.69, 9.17) is 21.1 Å². The third-order valence-corrected chi connectivity index (χ3v) is 8.98. The monoisotopic (exact) mass is 627 g/mol. The number of nitrogens with zero attached hydrogens (tertiary/aromatic N) is 2. The Morgan fingerprint density at radius 2 is 1.82 bits per heavy atom. The number of ketones is 1. The van der Waals surface area contributed by atoms with Crippen molar-refractivity contribution in [2.45, 2.75) is 76.9 Å². The summed E-state index contributed by atoms with van der Waals surface area (Å²) in [7, 11) is 1.84. The molecule has 0 bridgehead atoms. The SMILES string of the molecule is CCC(OC(OC1CCC(C(=O)O)CC1)N1CCCC1)C(=O)Cc1cc(Cl)c(NC(=O)c2cn(C)c3ccccc23)cc1F. The van der Waals surface area contributed by atoms with Gasteiger partial charge >= 0.3 is 5.97 Å². The van der Waals surface area contributed by atoms with Crippen molar-refractivity contribution in [3.05, 3.63) is 64.6 Å². The maximum Gasteiger partial charge on any atom is 0.306 e. The van der Waals surface area contributed by atoms with Crippen LogP contribution in [-0.2, 0) is 32.5 Å². The van der Waals surface area contributed by atoms with Gasteiger partial charge < -0.3 is 24.5 Å². The van der Waals surface area contributed by atoms with Crippen molar-refractivity contribution in [1.82, 2.24) is 9.47 Å². The van der Waals surface area contributed by atoms with Gasteiger partial charge in [-0.2, -0.15) is 0 Å². The first-order valence-electron chi connectivity index (χ1n) is 15.3. The highest BCUT2D eigenvalue weighted by molar-refractivity contribution is 6.34. The predicted octanol–water partition coefficient (Wildman–Crippen LogP) is 6.17. The minimum atomic E-state index is -0.833. The van der Waals surface area contributed by atoms with E-state index in [1.807, 2.05) is 42.8 Å². The molecular formula is C33H39ClFN3O6. The number of aromatic nitrogens is 1. The van der Waals surface area contributed by atoms with Crippen LogP contribution in [-0.4, -0.2) is 63.9 Å². The third-order valence-electron chi connectivity index (χ3n) is 8.67. The number of hydrogen-bond donors (Lipinski definition) is 2. The second-order valence-electron chi connectivity index (χ2n) is 11.7. The first-order chi connectivity index (χ1) is 21.1. The molecule has 2 N–H and O–H groups in total. The van der Waals surface area contributed by atoms with Gasteiger partial charge in [-0.05, 0) is 68.7 Å². The lowest BCUT2D eigenvalue weighted by molar-refractivity contribution is -0.260. The van der Waals surface area contributed by atoms with E-state index in [9.17, 15) is 19.5 Å². The number of fused-ring (bicyclic) bond motifs is 1. The number of para-hydroxylation sites is 1. The highest BCUT2D eigenvalue weighted by Crippen LogP contribution is 2.31. The summed E-state index contributed by atoms with van der Waals surface area (Å²) in [6.07, 6.45) is 4.41. The van der Waals surface area contributed by atoms with Gasteiger partial charge in [0.05, 0.1) is 28.3 Å². The topological polar surface area (TPSA) is 110 Å². The molecule has 1 aliphatic heterocycles. The normalized spacial score (nSPS) is 20.5. The molecule has 2 aromatic carbocycles. The van der Waals surface area contributed by atoms with E-state index < -0.39 is 30.2 Å². The molecule has 0 radical (unpaired) electrons. The Balaban J connectivity index is 1.24. The molecule has 1 saturated carbocycles. The Hall–Kier alpha value is -3.31. The van der Waals surface area contributed by atoms with Gasteiger partial charge in [0.2, 0.25) is 6.41 Å². The average Bonchev–Trinajstić information content (AvgIpc) is 3.67. The van der Waals surface area contributed by atoms with Gasteiger partial charge in [0.1, 0.15) is 11.9 Å². The lowest BCUT2D eigenvalue weighted by Gasteiger charge is -2.35. The maximum atomic E-state index is 15.3. The van der Waals surface area contributed by atoms with Crippen LogP contribution in [0.2, 0.25) is 5.02 Å². The number of likely N-dealkylation sites (tertiary alicyclic amines) is 1. The van der Waals surface area contributed by atoms with Crippen molar-refractivity contribution in [3.63, 3.8) is 0 Å². The number of Topliss-reactive ketones (excluding diaryl/α,β-unsaturated/α-hetero) is 1. The smallest absolute Gasteiger partial charge is 0.306 e. The van der Waals surface area contributed by atoms with Crippen molar-refractivity contribution in [3.8, 4) is 0 Å².